The minimum absolute atomic E-state index is 0.0106. The van der Waals surface area contributed by atoms with Gasteiger partial charge < -0.3 is 9.64 Å². The number of amides is 1. The predicted octanol–water partition coefficient (Wildman–Crippen LogP) is 2.90. The highest BCUT2D eigenvalue weighted by Gasteiger charge is 2.50. The standard InChI is InChI=1S/C20H17F3N6O2/c21-20(22,23)17-10-25-18(11-24-17)31-16-9-12-5-6-15(16)28(12)19(30)13-3-1-2-4-14(13)29-26-7-8-27-29/h1-4,7-8,10-12,15-16H,5-6,9H2. The van der Waals surface area contributed by atoms with Gasteiger partial charge >= 0.3 is 6.18 Å². The Morgan fingerprint density at radius 2 is 1.84 bits per heavy atom. The summed E-state index contributed by atoms with van der Waals surface area (Å²) >= 11 is 0. The Balaban J connectivity index is 1.36. The Hall–Kier alpha value is -3.50. The van der Waals surface area contributed by atoms with Crippen molar-refractivity contribution in [2.24, 2.45) is 0 Å². The highest BCUT2D eigenvalue weighted by Crippen LogP contribution is 2.41. The molecule has 3 aromatic rings. The number of fused-ring (bicyclic) bond motifs is 2. The molecule has 4 heterocycles. The number of hydrogen-bond acceptors (Lipinski definition) is 6. The van der Waals surface area contributed by atoms with Crippen LogP contribution in [0.4, 0.5) is 13.2 Å². The van der Waals surface area contributed by atoms with E-state index in [0.717, 1.165) is 19.0 Å². The SMILES string of the molecule is O=C(c1ccccc1-n1nccn1)N1C2CCC1C(Oc1cnc(C(F)(F)F)cn1)C2. The molecule has 2 aliphatic rings. The number of rotatable bonds is 4. The molecule has 2 saturated heterocycles. The van der Waals surface area contributed by atoms with Crippen molar-refractivity contribution in [2.45, 2.75) is 43.6 Å². The van der Waals surface area contributed by atoms with Gasteiger partial charge in [-0.25, -0.2) is 9.97 Å². The molecule has 31 heavy (non-hydrogen) atoms. The van der Waals surface area contributed by atoms with Gasteiger partial charge in [0.2, 0.25) is 5.88 Å². The van der Waals surface area contributed by atoms with Crippen LogP contribution >= 0.6 is 0 Å². The molecule has 3 unspecified atom stereocenters. The van der Waals surface area contributed by atoms with Gasteiger partial charge in [-0.1, -0.05) is 12.1 Å². The number of nitrogens with zero attached hydrogens (tertiary/aromatic N) is 6. The molecule has 2 aliphatic heterocycles. The van der Waals surface area contributed by atoms with Gasteiger partial charge in [-0.05, 0) is 25.0 Å². The Bertz CT molecular complexity index is 1090. The van der Waals surface area contributed by atoms with E-state index in [0.29, 0.717) is 23.9 Å². The van der Waals surface area contributed by atoms with E-state index in [2.05, 4.69) is 20.2 Å². The number of alkyl halides is 3. The van der Waals surface area contributed by atoms with Crippen LogP contribution < -0.4 is 4.74 Å². The van der Waals surface area contributed by atoms with Crippen LogP contribution in [0.2, 0.25) is 0 Å². The smallest absolute Gasteiger partial charge is 0.434 e. The van der Waals surface area contributed by atoms with Crippen molar-refractivity contribution in [1.29, 1.82) is 0 Å². The number of carbonyl (C=O) groups is 1. The zero-order chi connectivity index (χ0) is 21.6. The lowest BCUT2D eigenvalue weighted by Crippen LogP contribution is -2.39. The van der Waals surface area contributed by atoms with Crippen LogP contribution in [0.1, 0.15) is 35.3 Å². The summed E-state index contributed by atoms with van der Waals surface area (Å²) in [6, 6.07) is 6.89. The molecule has 0 aliphatic carbocycles. The second-order valence-electron chi connectivity index (χ2n) is 7.48. The van der Waals surface area contributed by atoms with E-state index in [1.807, 2.05) is 11.0 Å². The van der Waals surface area contributed by atoms with Gasteiger partial charge in [0, 0.05) is 12.5 Å². The first kappa shape index (κ1) is 19.5. The van der Waals surface area contributed by atoms with E-state index in [1.165, 1.54) is 17.2 Å². The van der Waals surface area contributed by atoms with Crippen molar-refractivity contribution in [1.82, 2.24) is 29.9 Å². The normalized spacial score (nSPS) is 22.7. The van der Waals surface area contributed by atoms with E-state index in [-0.39, 0.29) is 30.0 Å². The second kappa shape index (κ2) is 7.33. The Kier molecular flexibility index (Phi) is 4.60. The van der Waals surface area contributed by atoms with Crippen LogP contribution in [0.3, 0.4) is 0 Å². The largest absolute Gasteiger partial charge is 0.471 e. The first-order valence-corrected chi connectivity index (χ1v) is 9.76. The first-order valence-electron chi connectivity index (χ1n) is 9.76. The third-order valence-corrected chi connectivity index (χ3v) is 5.67. The van der Waals surface area contributed by atoms with Crippen LogP contribution in [0.15, 0.2) is 49.1 Å². The molecule has 2 bridgehead atoms. The predicted molar refractivity (Wildman–Crippen MR) is 100 cm³/mol. The average molecular weight is 430 g/mol. The van der Waals surface area contributed by atoms with Crippen LogP contribution in [0, 0.1) is 0 Å². The van der Waals surface area contributed by atoms with Crippen molar-refractivity contribution >= 4 is 5.91 Å². The third-order valence-electron chi connectivity index (χ3n) is 5.67. The number of carbonyl (C=O) groups excluding carboxylic acids is 1. The minimum Gasteiger partial charge on any atom is -0.471 e. The molecular formula is C20H17F3N6O2. The molecular weight excluding hydrogens is 413 g/mol. The highest BCUT2D eigenvalue weighted by atomic mass is 19.4. The van der Waals surface area contributed by atoms with E-state index in [9.17, 15) is 18.0 Å². The van der Waals surface area contributed by atoms with Crippen molar-refractivity contribution in [3.05, 3.63) is 60.3 Å². The maximum atomic E-state index is 13.4. The van der Waals surface area contributed by atoms with Gasteiger partial charge in [-0.2, -0.15) is 28.2 Å². The fourth-order valence-electron chi connectivity index (χ4n) is 4.36. The molecule has 2 fully saturated rings. The maximum absolute atomic E-state index is 13.4. The fraction of sp³-hybridized carbons (Fsp3) is 0.350. The van der Waals surface area contributed by atoms with Crippen molar-refractivity contribution in [3.8, 4) is 11.6 Å². The minimum atomic E-state index is -4.56. The molecule has 11 heteroatoms. The average Bonchev–Trinajstić information content (AvgIpc) is 3.50. The molecule has 0 saturated carbocycles. The molecule has 0 spiro atoms. The van der Waals surface area contributed by atoms with Gasteiger partial charge in [0.25, 0.3) is 5.91 Å². The third kappa shape index (κ3) is 3.49. The lowest BCUT2D eigenvalue weighted by Gasteiger charge is -2.25. The number of halogens is 3. The Morgan fingerprint density at radius 1 is 1.06 bits per heavy atom. The summed E-state index contributed by atoms with van der Waals surface area (Å²) in [7, 11) is 0. The topological polar surface area (TPSA) is 86.0 Å². The van der Waals surface area contributed by atoms with E-state index in [4.69, 9.17) is 4.74 Å². The number of benzene rings is 1. The summed E-state index contributed by atoms with van der Waals surface area (Å²) in [5.74, 6) is -0.135. The Labute approximate surface area is 174 Å². The lowest BCUT2D eigenvalue weighted by molar-refractivity contribution is -0.141. The maximum Gasteiger partial charge on any atom is 0.434 e. The summed E-state index contributed by atoms with van der Waals surface area (Å²) in [5.41, 5.74) is -0.0196. The quantitative estimate of drug-likeness (QED) is 0.633. The summed E-state index contributed by atoms with van der Waals surface area (Å²) in [6.07, 6.45) is 1.96. The molecule has 160 valence electrons. The summed E-state index contributed by atoms with van der Waals surface area (Å²) in [6.45, 7) is 0. The van der Waals surface area contributed by atoms with Gasteiger partial charge in [0.1, 0.15) is 6.10 Å². The van der Waals surface area contributed by atoms with E-state index >= 15 is 0 Å². The van der Waals surface area contributed by atoms with Gasteiger partial charge in [-0.3, -0.25) is 4.79 Å². The van der Waals surface area contributed by atoms with Crippen molar-refractivity contribution in [2.75, 3.05) is 0 Å². The monoisotopic (exact) mass is 430 g/mol. The van der Waals surface area contributed by atoms with Gasteiger partial charge in [-0.15, -0.1) is 0 Å². The summed E-state index contributed by atoms with van der Waals surface area (Å²) in [4.78, 5) is 23.8. The van der Waals surface area contributed by atoms with Crippen LogP contribution in [-0.2, 0) is 6.18 Å². The molecule has 8 nitrogen and oxygen atoms in total. The zero-order valence-corrected chi connectivity index (χ0v) is 16.1. The molecule has 5 rings (SSSR count). The van der Waals surface area contributed by atoms with E-state index < -0.39 is 11.9 Å². The molecule has 1 amide bonds. The van der Waals surface area contributed by atoms with Crippen LogP contribution in [0.25, 0.3) is 5.69 Å². The van der Waals surface area contributed by atoms with Crippen molar-refractivity contribution < 1.29 is 22.7 Å². The van der Waals surface area contributed by atoms with Crippen LogP contribution in [-0.4, -0.2) is 54.0 Å². The fourth-order valence-corrected chi connectivity index (χ4v) is 4.36. The lowest BCUT2D eigenvalue weighted by atomic mass is 9.98. The number of para-hydroxylation sites is 1. The zero-order valence-electron chi connectivity index (χ0n) is 16.1. The Morgan fingerprint density at radius 3 is 2.55 bits per heavy atom. The molecule has 2 aromatic heterocycles. The van der Waals surface area contributed by atoms with Gasteiger partial charge in [0.15, 0.2) is 5.69 Å². The highest BCUT2D eigenvalue weighted by molar-refractivity contribution is 5.98. The first-order chi connectivity index (χ1) is 14.9. The number of ether oxygens (including phenoxy) is 1. The molecule has 0 radical (unpaired) electrons. The number of hydrogen-bond donors (Lipinski definition) is 0. The second-order valence-corrected chi connectivity index (χ2v) is 7.48. The molecule has 1 aromatic carbocycles. The summed E-state index contributed by atoms with van der Waals surface area (Å²) < 4.78 is 43.9. The molecule has 3 atom stereocenters. The van der Waals surface area contributed by atoms with E-state index in [1.54, 1.807) is 18.2 Å². The van der Waals surface area contributed by atoms with Gasteiger partial charge in [0.05, 0.1) is 42.1 Å². The van der Waals surface area contributed by atoms with Crippen molar-refractivity contribution in [3.63, 3.8) is 0 Å². The molecule has 0 N–H and O–H groups in total. The summed E-state index contributed by atoms with van der Waals surface area (Å²) in [5, 5.41) is 8.24. The van der Waals surface area contributed by atoms with Crippen LogP contribution in [0.5, 0.6) is 5.88 Å². The number of aromatic nitrogens is 5.